The first-order chi connectivity index (χ1) is 12.6. The van der Waals surface area contributed by atoms with Crippen molar-refractivity contribution >= 4 is 52.5 Å². The molecule has 2 heterocycles. The number of aromatic nitrogens is 2. The van der Waals surface area contributed by atoms with E-state index in [0.717, 1.165) is 6.20 Å². The number of pyridine rings is 1. The molecule has 0 amide bonds. The second kappa shape index (κ2) is 8.29. The third kappa shape index (κ3) is 4.10. The highest BCUT2D eigenvalue weighted by Crippen LogP contribution is 2.31. The summed E-state index contributed by atoms with van der Waals surface area (Å²) in [6.07, 6.45) is -0.0213. The van der Waals surface area contributed by atoms with Gasteiger partial charge in [-0.3, -0.25) is 4.79 Å². The molecule has 0 aromatic carbocycles. The minimum absolute atomic E-state index is 0.0437. The number of halogens is 3. The van der Waals surface area contributed by atoms with Crippen molar-refractivity contribution in [1.29, 1.82) is 0 Å². The van der Waals surface area contributed by atoms with Gasteiger partial charge < -0.3 is 14.5 Å². The molecule has 0 fully saturated rings. The zero-order chi connectivity index (χ0) is 20.5. The number of nitrogens with one attached hydrogen (secondary N) is 1. The summed E-state index contributed by atoms with van der Waals surface area (Å²) >= 11 is 17.6. The van der Waals surface area contributed by atoms with Crippen LogP contribution in [0.3, 0.4) is 0 Å². The number of hydrogen-bond donors (Lipinski definition) is 1. The summed E-state index contributed by atoms with van der Waals surface area (Å²) in [5.41, 5.74) is 1.00. The van der Waals surface area contributed by atoms with Crippen molar-refractivity contribution in [3.8, 4) is 0 Å². The maximum Gasteiger partial charge on any atom is 0.359 e. The quantitative estimate of drug-likeness (QED) is 0.560. The number of methoxy groups -OCH3 is 1. The van der Waals surface area contributed by atoms with Gasteiger partial charge in [-0.2, -0.15) is 0 Å². The molecule has 0 radical (unpaired) electrons. The molecule has 0 aliphatic heterocycles. The van der Waals surface area contributed by atoms with E-state index in [4.69, 9.17) is 44.3 Å². The lowest BCUT2D eigenvalue weighted by atomic mass is 10.1. The Morgan fingerprint density at radius 3 is 2.33 bits per heavy atom. The Labute approximate surface area is 169 Å². The lowest BCUT2D eigenvalue weighted by molar-refractivity contribution is 0.0311. The standard InChI is InChI=1S/C17H15Cl3N2O5/c1-6-10(16(24)26-4)7(2)22-13(6)15(23)8(3)27-17(25)14-12(20)11(19)9(18)5-21-14/h5,8,22H,1-4H3/t8-/m1/s1. The van der Waals surface area contributed by atoms with Crippen LogP contribution < -0.4 is 0 Å². The van der Waals surface area contributed by atoms with Crippen molar-refractivity contribution in [1.82, 2.24) is 9.97 Å². The smallest absolute Gasteiger partial charge is 0.359 e. The zero-order valence-electron chi connectivity index (χ0n) is 14.8. The number of ketones is 1. The number of nitrogens with zero attached hydrogens (tertiary/aromatic N) is 1. The maximum atomic E-state index is 12.7. The van der Waals surface area contributed by atoms with Crippen LogP contribution in [0.4, 0.5) is 0 Å². The van der Waals surface area contributed by atoms with Crippen LogP contribution in [-0.4, -0.2) is 40.9 Å². The number of carbonyl (C=O) groups excluding carboxylic acids is 3. The van der Waals surface area contributed by atoms with Crippen molar-refractivity contribution in [2.75, 3.05) is 7.11 Å². The van der Waals surface area contributed by atoms with Gasteiger partial charge in [0.15, 0.2) is 11.8 Å². The van der Waals surface area contributed by atoms with E-state index in [-0.39, 0.29) is 32.0 Å². The molecule has 0 aliphatic rings. The molecule has 0 bridgehead atoms. The van der Waals surface area contributed by atoms with Crippen LogP contribution in [0.1, 0.15) is 49.5 Å². The number of hydrogen-bond acceptors (Lipinski definition) is 6. The number of Topliss-reactive ketones (excluding diaryl/α,β-unsaturated/α-hetero) is 1. The summed E-state index contributed by atoms with van der Waals surface area (Å²) in [6, 6.07) is 0. The number of esters is 2. The van der Waals surface area contributed by atoms with Crippen molar-refractivity contribution in [3.63, 3.8) is 0 Å². The third-order valence-corrected chi connectivity index (χ3v) is 5.08. The van der Waals surface area contributed by atoms with E-state index >= 15 is 0 Å². The number of ether oxygens (including phenoxy) is 2. The molecule has 27 heavy (non-hydrogen) atoms. The molecule has 0 saturated carbocycles. The van der Waals surface area contributed by atoms with Crippen LogP contribution in [0.2, 0.25) is 15.1 Å². The SMILES string of the molecule is COC(=O)c1c(C)[nH]c(C(=O)[C@@H](C)OC(=O)c2ncc(Cl)c(Cl)c2Cl)c1C. The van der Waals surface area contributed by atoms with Crippen LogP contribution >= 0.6 is 34.8 Å². The molecule has 0 saturated heterocycles. The largest absolute Gasteiger partial charge is 0.465 e. The van der Waals surface area contributed by atoms with Crippen LogP contribution in [0.15, 0.2) is 6.20 Å². The van der Waals surface area contributed by atoms with Crippen molar-refractivity contribution in [3.05, 3.63) is 49.5 Å². The summed E-state index contributed by atoms with van der Waals surface area (Å²) in [5.74, 6) is -2.04. The molecule has 144 valence electrons. The average molecular weight is 434 g/mol. The number of H-pyrrole nitrogens is 1. The Balaban J connectivity index is 2.25. The summed E-state index contributed by atoms with van der Waals surface area (Å²) in [4.78, 5) is 43.4. The van der Waals surface area contributed by atoms with E-state index in [0.29, 0.717) is 11.3 Å². The fraction of sp³-hybridized carbons (Fsp3) is 0.294. The summed E-state index contributed by atoms with van der Waals surface area (Å²) < 4.78 is 9.85. The Morgan fingerprint density at radius 1 is 1.11 bits per heavy atom. The normalized spacial score (nSPS) is 11.8. The molecule has 2 rings (SSSR count). The highest BCUT2D eigenvalue weighted by Gasteiger charge is 2.29. The second-order valence-corrected chi connectivity index (χ2v) is 6.77. The minimum atomic E-state index is -1.17. The molecule has 1 atom stereocenters. The van der Waals surface area contributed by atoms with Crippen LogP contribution in [-0.2, 0) is 9.47 Å². The highest BCUT2D eigenvalue weighted by atomic mass is 35.5. The Kier molecular flexibility index (Phi) is 6.51. The zero-order valence-corrected chi connectivity index (χ0v) is 17.0. The van der Waals surface area contributed by atoms with E-state index in [9.17, 15) is 14.4 Å². The minimum Gasteiger partial charge on any atom is -0.465 e. The van der Waals surface area contributed by atoms with E-state index in [1.165, 1.54) is 14.0 Å². The molecule has 7 nitrogen and oxygen atoms in total. The van der Waals surface area contributed by atoms with E-state index in [1.54, 1.807) is 13.8 Å². The predicted molar refractivity (Wildman–Crippen MR) is 100 cm³/mol. The highest BCUT2D eigenvalue weighted by molar-refractivity contribution is 6.48. The average Bonchev–Trinajstić information content (AvgIpc) is 2.92. The predicted octanol–water partition coefficient (Wildman–Crippen LogP) is 4.20. The number of rotatable bonds is 5. The number of carbonyl (C=O) groups is 3. The molecular formula is C17H15Cl3N2O5. The van der Waals surface area contributed by atoms with Gasteiger partial charge in [-0.25, -0.2) is 14.6 Å². The lowest BCUT2D eigenvalue weighted by Crippen LogP contribution is -2.26. The second-order valence-electron chi connectivity index (χ2n) is 5.61. The van der Waals surface area contributed by atoms with Gasteiger partial charge in [-0.05, 0) is 26.3 Å². The van der Waals surface area contributed by atoms with Gasteiger partial charge >= 0.3 is 11.9 Å². The maximum absolute atomic E-state index is 12.7. The number of aromatic amines is 1. The molecule has 2 aromatic heterocycles. The molecule has 0 unspecified atom stereocenters. The molecule has 0 aliphatic carbocycles. The van der Waals surface area contributed by atoms with Crippen LogP contribution in [0, 0.1) is 13.8 Å². The van der Waals surface area contributed by atoms with Crippen molar-refractivity contribution in [2.45, 2.75) is 26.9 Å². The van der Waals surface area contributed by atoms with E-state index < -0.39 is 23.8 Å². The van der Waals surface area contributed by atoms with Gasteiger partial charge in [0.05, 0.1) is 33.4 Å². The molecule has 0 spiro atoms. The van der Waals surface area contributed by atoms with E-state index in [1.807, 2.05) is 0 Å². The first-order valence-electron chi connectivity index (χ1n) is 7.62. The molecule has 10 heteroatoms. The number of aryl methyl sites for hydroxylation is 1. The van der Waals surface area contributed by atoms with Gasteiger partial charge in [-0.1, -0.05) is 34.8 Å². The fourth-order valence-corrected chi connectivity index (χ4v) is 3.02. The van der Waals surface area contributed by atoms with Crippen LogP contribution in [0.5, 0.6) is 0 Å². The molecular weight excluding hydrogens is 419 g/mol. The van der Waals surface area contributed by atoms with Gasteiger partial charge in [0.2, 0.25) is 5.78 Å². The Morgan fingerprint density at radius 2 is 1.74 bits per heavy atom. The van der Waals surface area contributed by atoms with E-state index in [2.05, 4.69) is 9.97 Å². The fourth-order valence-electron chi connectivity index (χ4n) is 2.46. The lowest BCUT2D eigenvalue weighted by Gasteiger charge is -2.13. The van der Waals surface area contributed by atoms with Crippen molar-refractivity contribution in [2.24, 2.45) is 0 Å². The van der Waals surface area contributed by atoms with Gasteiger partial charge in [-0.15, -0.1) is 0 Å². The molecule has 1 N–H and O–H groups in total. The topological polar surface area (TPSA) is 98.4 Å². The van der Waals surface area contributed by atoms with Gasteiger partial charge in [0.25, 0.3) is 0 Å². The summed E-state index contributed by atoms with van der Waals surface area (Å²) in [6.45, 7) is 4.61. The van der Waals surface area contributed by atoms with Gasteiger partial charge in [0, 0.05) is 11.9 Å². The first-order valence-corrected chi connectivity index (χ1v) is 8.75. The third-order valence-electron chi connectivity index (χ3n) is 3.84. The Hall–Kier alpha value is -2.09. The van der Waals surface area contributed by atoms with Crippen molar-refractivity contribution < 1.29 is 23.9 Å². The first kappa shape index (κ1) is 21.2. The van der Waals surface area contributed by atoms with Crippen LogP contribution in [0.25, 0.3) is 0 Å². The summed E-state index contributed by atoms with van der Waals surface area (Å²) in [7, 11) is 1.24. The monoisotopic (exact) mass is 432 g/mol. The van der Waals surface area contributed by atoms with Gasteiger partial charge in [0.1, 0.15) is 0 Å². The molecule has 2 aromatic rings. The Bertz CT molecular complexity index is 939. The summed E-state index contributed by atoms with van der Waals surface area (Å²) in [5, 5.41) is -0.137.